The second kappa shape index (κ2) is 10.6. The quantitative estimate of drug-likeness (QED) is 0.498. The molecule has 0 radical (unpaired) electrons. The summed E-state index contributed by atoms with van der Waals surface area (Å²) >= 11 is 0. The summed E-state index contributed by atoms with van der Waals surface area (Å²) in [4.78, 5) is 27.5. The van der Waals surface area contributed by atoms with Crippen molar-refractivity contribution >= 4 is 17.5 Å². The molecular weight excluding hydrogens is 495 g/mol. The molecule has 0 aliphatic carbocycles. The topological polar surface area (TPSA) is 70.4 Å². The third-order valence-corrected chi connectivity index (χ3v) is 7.38. The molecule has 0 N–H and O–H groups in total. The first-order valence-corrected chi connectivity index (χ1v) is 13.0. The SMILES string of the molecule is Cc1cc(C)n(CC(=O)N2CCN(c3ccccc3-c3cnc(N4CCCC(C(F)(F)F)C4)nc3)CC2)n1. The summed E-state index contributed by atoms with van der Waals surface area (Å²) < 4.78 is 41.4. The predicted molar refractivity (Wildman–Crippen MR) is 139 cm³/mol. The maximum Gasteiger partial charge on any atom is 0.393 e. The van der Waals surface area contributed by atoms with Gasteiger partial charge in [0.1, 0.15) is 6.54 Å². The van der Waals surface area contributed by atoms with Crippen LogP contribution >= 0.6 is 0 Å². The Kier molecular flexibility index (Phi) is 7.27. The van der Waals surface area contributed by atoms with Gasteiger partial charge in [-0.25, -0.2) is 9.97 Å². The molecule has 2 aliphatic rings. The van der Waals surface area contributed by atoms with Gasteiger partial charge in [-0.15, -0.1) is 0 Å². The number of carbonyl (C=O) groups excluding carboxylic acids is 1. The van der Waals surface area contributed by atoms with E-state index in [1.807, 2.05) is 49.1 Å². The van der Waals surface area contributed by atoms with Crippen LogP contribution in [0.25, 0.3) is 11.1 Å². The van der Waals surface area contributed by atoms with Gasteiger partial charge in [0.2, 0.25) is 11.9 Å². The molecule has 1 amide bonds. The smallest absolute Gasteiger partial charge is 0.367 e. The number of halogens is 3. The van der Waals surface area contributed by atoms with Crippen LogP contribution < -0.4 is 9.80 Å². The van der Waals surface area contributed by atoms with Crippen molar-refractivity contribution in [2.45, 2.75) is 39.4 Å². The Bertz CT molecular complexity index is 1270. The summed E-state index contributed by atoms with van der Waals surface area (Å²) in [6, 6.07) is 9.91. The lowest BCUT2D eigenvalue weighted by Crippen LogP contribution is -2.49. The Morgan fingerprint density at radius 2 is 1.71 bits per heavy atom. The number of hydrogen-bond donors (Lipinski definition) is 0. The largest absolute Gasteiger partial charge is 0.393 e. The van der Waals surface area contributed by atoms with Gasteiger partial charge in [0, 0.05) is 74.2 Å². The van der Waals surface area contributed by atoms with Crippen molar-refractivity contribution in [2.75, 3.05) is 49.1 Å². The highest BCUT2D eigenvalue weighted by Gasteiger charge is 2.42. The summed E-state index contributed by atoms with van der Waals surface area (Å²) in [7, 11) is 0. The van der Waals surface area contributed by atoms with Crippen LogP contribution in [-0.2, 0) is 11.3 Å². The number of carbonyl (C=O) groups is 1. The van der Waals surface area contributed by atoms with Crippen LogP contribution in [0, 0.1) is 19.8 Å². The van der Waals surface area contributed by atoms with E-state index in [9.17, 15) is 18.0 Å². The van der Waals surface area contributed by atoms with Crippen LogP contribution in [0.4, 0.5) is 24.8 Å². The van der Waals surface area contributed by atoms with Crippen molar-refractivity contribution in [3.63, 3.8) is 0 Å². The van der Waals surface area contributed by atoms with E-state index in [4.69, 9.17) is 0 Å². The van der Waals surface area contributed by atoms with Crippen LogP contribution in [0.5, 0.6) is 0 Å². The van der Waals surface area contributed by atoms with Crippen molar-refractivity contribution in [1.82, 2.24) is 24.6 Å². The highest BCUT2D eigenvalue weighted by molar-refractivity contribution is 5.79. The minimum Gasteiger partial charge on any atom is -0.367 e. The van der Waals surface area contributed by atoms with Crippen LogP contribution in [0.2, 0.25) is 0 Å². The molecule has 0 saturated carbocycles. The van der Waals surface area contributed by atoms with Gasteiger partial charge in [-0.1, -0.05) is 18.2 Å². The van der Waals surface area contributed by atoms with Crippen molar-refractivity contribution in [2.24, 2.45) is 5.92 Å². The average Bonchev–Trinajstić information content (AvgIpc) is 3.24. The van der Waals surface area contributed by atoms with Gasteiger partial charge in [0.15, 0.2) is 0 Å². The number of piperazine rings is 1. The molecule has 8 nitrogen and oxygen atoms in total. The Labute approximate surface area is 220 Å². The fraction of sp³-hybridized carbons (Fsp3) is 0.481. The highest BCUT2D eigenvalue weighted by atomic mass is 19.4. The van der Waals surface area contributed by atoms with Crippen molar-refractivity contribution in [3.05, 3.63) is 54.1 Å². The monoisotopic (exact) mass is 527 g/mol. The van der Waals surface area contributed by atoms with Gasteiger partial charge in [-0.3, -0.25) is 9.48 Å². The van der Waals surface area contributed by atoms with Gasteiger partial charge >= 0.3 is 6.18 Å². The number of amides is 1. The Morgan fingerprint density at radius 1 is 1.00 bits per heavy atom. The number of aromatic nitrogens is 4. The number of alkyl halides is 3. The number of piperidine rings is 1. The fourth-order valence-electron chi connectivity index (χ4n) is 5.30. The van der Waals surface area contributed by atoms with E-state index in [2.05, 4.69) is 20.0 Å². The molecule has 1 unspecified atom stereocenters. The molecule has 2 aromatic heterocycles. The number of rotatable bonds is 5. The van der Waals surface area contributed by atoms with Crippen molar-refractivity contribution < 1.29 is 18.0 Å². The minimum atomic E-state index is -4.21. The van der Waals surface area contributed by atoms with Gasteiger partial charge in [0.25, 0.3) is 0 Å². The Balaban J connectivity index is 1.24. The van der Waals surface area contributed by atoms with Crippen LogP contribution in [0.15, 0.2) is 42.7 Å². The van der Waals surface area contributed by atoms with E-state index in [0.29, 0.717) is 45.1 Å². The van der Waals surface area contributed by atoms with E-state index in [1.165, 1.54) is 0 Å². The molecule has 11 heteroatoms. The van der Waals surface area contributed by atoms with E-state index in [1.54, 1.807) is 22.0 Å². The molecule has 38 heavy (non-hydrogen) atoms. The van der Waals surface area contributed by atoms with Gasteiger partial charge in [-0.2, -0.15) is 18.3 Å². The zero-order valence-electron chi connectivity index (χ0n) is 21.7. The number of benzene rings is 1. The fourth-order valence-corrected chi connectivity index (χ4v) is 5.30. The number of hydrogen-bond acceptors (Lipinski definition) is 6. The molecule has 5 rings (SSSR count). The van der Waals surface area contributed by atoms with Crippen LogP contribution in [0.1, 0.15) is 24.2 Å². The maximum absolute atomic E-state index is 13.2. The third kappa shape index (κ3) is 5.61. The lowest BCUT2D eigenvalue weighted by Gasteiger charge is -2.37. The van der Waals surface area contributed by atoms with Gasteiger partial charge in [-0.05, 0) is 38.8 Å². The normalized spacial score (nSPS) is 18.7. The number of aryl methyl sites for hydroxylation is 2. The maximum atomic E-state index is 13.2. The number of anilines is 2. The minimum absolute atomic E-state index is 0.0543. The van der Waals surface area contributed by atoms with Gasteiger partial charge in [0.05, 0.1) is 11.6 Å². The summed E-state index contributed by atoms with van der Waals surface area (Å²) in [5.41, 5.74) is 4.64. The number of para-hydroxylation sites is 1. The third-order valence-electron chi connectivity index (χ3n) is 7.38. The Morgan fingerprint density at radius 3 is 2.37 bits per heavy atom. The molecule has 1 atom stereocenters. The molecule has 3 aromatic rings. The molecule has 2 saturated heterocycles. The van der Waals surface area contributed by atoms with E-state index in [0.717, 1.165) is 28.2 Å². The zero-order valence-corrected chi connectivity index (χ0v) is 21.7. The predicted octanol–water partition coefficient (Wildman–Crippen LogP) is 4.08. The lowest BCUT2D eigenvalue weighted by atomic mass is 9.98. The molecule has 4 heterocycles. The molecule has 0 bridgehead atoms. The molecule has 2 aliphatic heterocycles. The average molecular weight is 528 g/mol. The van der Waals surface area contributed by atoms with Crippen LogP contribution in [-0.4, -0.2) is 76.0 Å². The summed E-state index contributed by atoms with van der Waals surface area (Å²) in [6.07, 6.45) is -0.219. The first-order valence-electron chi connectivity index (χ1n) is 13.0. The second-order valence-corrected chi connectivity index (χ2v) is 10.1. The first-order chi connectivity index (χ1) is 18.2. The lowest BCUT2D eigenvalue weighted by molar-refractivity contribution is -0.176. The van der Waals surface area contributed by atoms with E-state index in [-0.39, 0.29) is 25.4 Å². The van der Waals surface area contributed by atoms with Crippen LogP contribution in [0.3, 0.4) is 0 Å². The van der Waals surface area contributed by atoms with E-state index < -0.39 is 12.1 Å². The molecular formula is C27H32F3N7O. The molecule has 202 valence electrons. The Hall–Kier alpha value is -3.63. The van der Waals surface area contributed by atoms with E-state index >= 15 is 0 Å². The molecule has 2 fully saturated rings. The van der Waals surface area contributed by atoms with Gasteiger partial charge < -0.3 is 14.7 Å². The summed E-state index contributed by atoms with van der Waals surface area (Å²) in [5.74, 6) is -0.966. The standard InChI is InChI=1S/C27H32F3N7O/c1-19-14-20(2)37(33-19)18-25(38)35-12-10-34(11-13-35)24-8-4-3-7-23(24)21-15-31-26(32-16-21)36-9-5-6-22(17-36)27(28,29)30/h3-4,7-8,14-16,22H,5-6,9-13,17-18H2,1-2H3. The molecule has 0 spiro atoms. The van der Waals surface area contributed by atoms with Crippen molar-refractivity contribution in [1.29, 1.82) is 0 Å². The summed E-state index contributed by atoms with van der Waals surface area (Å²) in [5, 5.41) is 4.40. The first kappa shape index (κ1) is 26.0. The zero-order chi connectivity index (χ0) is 26.9. The highest BCUT2D eigenvalue weighted by Crippen LogP contribution is 2.35. The second-order valence-electron chi connectivity index (χ2n) is 10.1. The van der Waals surface area contributed by atoms with Crippen molar-refractivity contribution in [3.8, 4) is 11.1 Å². The molecule has 1 aromatic carbocycles. The summed E-state index contributed by atoms with van der Waals surface area (Å²) in [6.45, 7) is 7.10. The number of nitrogens with zero attached hydrogens (tertiary/aromatic N) is 7.